The van der Waals surface area contributed by atoms with Gasteiger partial charge in [0.25, 0.3) is 10.0 Å². The van der Waals surface area contributed by atoms with Gasteiger partial charge in [-0.2, -0.15) is 0 Å². The van der Waals surface area contributed by atoms with Crippen LogP contribution in [0.4, 0.5) is 5.69 Å². The summed E-state index contributed by atoms with van der Waals surface area (Å²) in [5.41, 5.74) is 2.39. The fourth-order valence-electron chi connectivity index (χ4n) is 3.01. The van der Waals surface area contributed by atoms with Gasteiger partial charge in [0.2, 0.25) is 0 Å². The van der Waals surface area contributed by atoms with Gasteiger partial charge in [0.15, 0.2) is 5.82 Å². The van der Waals surface area contributed by atoms with E-state index < -0.39 is 10.0 Å². The molecule has 1 heterocycles. The molecule has 0 amide bonds. The summed E-state index contributed by atoms with van der Waals surface area (Å²) in [5, 5.41) is 11.9. The third-order valence-electron chi connectivity index (χ3n) is 4.53. The lowest BCUT2D eigenvalue weighted by Crippen LogP contribution is -2.13. The fourth-order valence-corrected chi connectivity index (χ4v) is 4.06. The molecule has 0 aliphatic heterocycles. The van der Waals surface area contributed by atoms with Crippen LogP contribution in [-0.2, 0) is 16.4 Å². The highest BCUT2D eigenvalue weighted by Crippen LogP contribution is 2.36. The number of tetrazole rings is 1. The number of hydrogen-bond donors (Lipinski definition) is 1. The highest BCUT2D eigenvalue weighted by atomic mass is 32.2. The van der Waals surface area contributed by atoms with Crippen molar-refractivity contribution in [2.45, 2.75) is 43.5 Å². The highest BCUT2D eigenvalue weighted by Gasteiger charge is 2.28. The molecule has 0 spiro atoms. The van der Waals surface area contributed by atoms with Gasteiger partial charge in [-0.25, -0.2) is 13.1 Å². The monoisotopic (exact) mass is 383 g/mol. The fraction of sp³-hybridized carbons (Fsp3) is 0.316. The first-order valence-electron chi connectivity index (χ1n) is 9.07. The third kappa shape index (κ3) is 3.85. The first-order chi connectivity index (χ1) is 13.1. The largest absolute Gasteiger partial charge is 0.280 e. The smallest absolute Gasteiger partial charge is 0.261 e. The van der Waals surface area contributed by atoms with Crippen LogP contribution in [0.3, 0.4) is 0 Å². The van der Waals surface area contributed by atoms with Gasteiger partial charge in [-0.05, 0) is 59.5 Å². The topological polar surface area (TPSA) is 89.8 Å². The number of anilines is 1. The van der Waals surface area contributed by atoms with Gasteiger partial charge >= 0.3 is 0 Å². The average molecular weight is 383 g/mol. The van der Waals surface area contributed by atoms with E-state index in [1.807, 2.05) is 18.2 Å². The maximum atomic E-state index is 12.7. The summed E-state index contributed by atoms with van der Waals surface area (Å²) in [6.07, 6.45) is 4.10. The molecule has 140 valence electrons. The Morgan fingerprint density at radius 3 is 2.63 bits per heavy atom. The summed E-state index contributed by atoms with van der Waals surface area (Å²) in [7, 11) is -3.65. The molecule has 1 fully saturated rings. The van der Waals surface area contributed by atoms with Crippen LogP contribution in [-0.4, -0.2) is 28.6 Å². The summed E-state index contributed by atoms with van der Waals surface area (Å²) < 4.78 is 29.8. The summed E-state index contributed by atoms with van der Waals surface area (Å²) in [6.45, 7) is 2.10. The van der Waals surface area contributed by atoms with Crippen LogP contribution in [0.5, 0.6) is 0 Å². The molecule has 0 radical (unpaired) electrons. The molecule has 3 aromatic rings. The molecule has 0 unspecified atom stereocenters. The lowest BCUT2D eigenvalue weighted by molar-refractivity contribution is 0.601. The van der Waals surface area contributed by atoms with Crippen molar-refractivity contribution in [3.8, 4) is 11.4 Å². The van der Waals surface area contributed by atoms with Gasteiger partial charge in [-0.15, -0.1) is 5.10 Å². The van der Waals surface area contributed by atoms with E-state index >= 15 is 0 Å². The van der Waals surface area contributed by atoms with Crippen molar-refractivity contribution in [1.82, 2.24) is 20.2 Å². The number of benzene rings is 2. The summed E-state index contributed by atoms with van der Waals surface area (Å²) >= 11 is 0. The summed E-state index contributed by atoms with van der Waals surface area (Å²) in [6, 6.07) is 14.5. The predicted molar refractivity (Wildman–Crippen MR) is 103 cm³/mol. The van der Waals surface area contributed by atoms with Crippen LogP contribution in [0.25, 0.3) is 11.4 Å². The Hall–Kier alpha value is -2.74. The molecule has 27 heavy (non-hydrogen) atoms. The zero-order valence-electron chi connectivity index (χ0n) is 15.0. The maximum absolute atomic E-state index is 12.7. The zero-order valence-corrected chi connectivity index (χ0v) is 15.9. The van der Waals surface area contributed by atoms with E-state index in [9.17, 15) is 8.42 Å². The van der Waals surface area contributed by atoms with Gasteiger partial charge in [0, 0.05) is 11.3 Å². The van der Waals surface area contributed by atoms with Crippen LogP contribution >= 0.6 is 0 Å². The Labute approximate surface area is 158 Å². The Kier molecular flexibility index (Phi) is 4.65. The lowest BCUT2D eigenvalue weighted by atomic mass is 10.1. The van der Waals surface area contributed by atoms with E-state index in [1.165, 1.54) is 0 Å². The predicted octanol–water partition coefficient (Wildman–Crippen LogP) is 3.43. The molecule has 2 aromatic carbocycles. The zero-order chi connectivity index (χ0) is 18.9. The van der Waals surface area contributed by atoms with Gasteiger partial charge < -0.3 is 0 Å². The quantitative estimate of drug-likeness (QED) is 0.675. The van der Waals surface area contributed by atoms with Crippen molar-refractivity contribution in [2.24, 2.45) is 0 Å². The molecule has 0 bridgehead atoms. The Morgan fingerprint density at radius 1 is 1.15 bits per heavy atom. The first-order valence-corrected chi connectivity index (χ1v) is 10.6. The second kappa shape index (κ2) is 7.11. The van der Waals surface area contributed by atoms with Gasteiger partial charge in [0.05, 0.1) is 10.9 Å². The molecule has 4 rings (SSSR count). The van der Waals surface area contributed by atoms with E-state index in [1.54, 1.807) is 35.0 Å². The molecular weight excluding hydrogens is 362 g/mol. The van der Waals surface area contributed by atoms with Crippen molar-refractivity contribution >= 4 is 15.7 Å². The maximum Gasteiger partial charge on any atom is 0.261 e. The number of rotatable bonds is 7. The lowest BCUT2D eigenvalue weighted by Gasteiger charge is -2.10. The van der Waals surface area contributed by atoms with Crippen LogP contribution in [0.15, 0.2) is 53.4 Å². The van der Waals surface area contributed by atoms with Crippen molar-refractivity contribution in [1.29, 1.82) is 0 Å². The normalized spacial score (nSPS) is 14.3. The number of nitrogens with zero attached hydrogens (tertiary/aromatic N) is 4. The van der Waals surface area contributed by atoms with Gasteiger partial charge in [-0.1, -0.05) is 37.6 Å². The standard InChI is InChI=1S/C19H21N5O2S/c1-2-4-14-7-11-18(12-8-14)27(25,26)21-16-6-3-5-15(13-16)19-20-22-23-24(19)17-9-10-17/h3,5-8,11-13,17,21H,2,4,9-10H2,1H3. The first kappa shape index (κ1) is 17.7. The van der Waals surface area contributed by atoms with Crippen molar-refractivity contribution in [3.05, 3.63) is 54.1 Å². The van der Waals surface area contributed by atoms with Crippen molar-refractivity contribution < 1.29 is 8.42 Å². The molecule has 7 nitrogen and oxygen atoms in total. The molecule has 1 aromatic heterocycles. The van der Waals surface area contributed by atoms with Crippen LogP contribution in [0.2, 0.25) is 0 Å². The van der Waals surface area contributed by atoms with E-state index in [0.717, 1.165) is 36.8 Å². The number of aromatic nitrogens is 4. The second-order valence-electron chi connectivity index (χ2n) is 6.76. The molecule has 1 saturated carbocycles. The molecule has 1 aliphatic carbocycles. The van der Waals surface area contributed by atoms with Crippen LogP contribution in [0.1, 0.15) is 37.8 Å². The SMILES string of the molecule is CCCc1ccc(S(=O)(=O)Nc2cccc(-c3nnnn3C3CC3)c2)cc1. The Morgan fingerprint density at radius 2 is 1.93 bits per heavy atom. The number of hydrogen-bond acceptors (Lipinski definition) is 5. The molecule has 8 heteroatoms. The Bertz CT molecular complexity index is 1040. The number of nitrogens with one attached hydrogen (secondary N) is 1. The summed E-state index contributed by atoms with van der Waals surface area (Å²) in [5.74, 6) is 0.655. The van der Waals surface area contributed by atoms with Crippen molar-refractivity contribution in [2.75, 3.05) is 4.72 Å². The number of sulfonamides is 1. The van der Waals surface area contributed by atoms with Gasteiger partial charge in [-0.3, -0.25) is 4.72 Å². The molecule has 1 aliphatic rings. The van der Waals surface area contributed by atoms with Gasteiger partial charge in [0.1, 0.15) is 0 Å². The Balaban J connectivity index is 1.57. The van der Waals surface area contributed by atoms with Crippen LogP contribution in [0, 0.1) is 0 Å². The average Bonchev–Trinajstić information content (AvgIpc) is 3.39. The minimum absolute atomic E-state index is 0.246. The van der Waals surface area contributed by atoms with E-state index in [0.29, 0.717) is 17.6 Å². The highest BCUT2D eigenvalue weighted by molar-refractivity contribution is 7.92. The third-order valence-corrected chi connectivity index (χ3v) is 5.93. The van der Waals surface area contributed by atoms with Crippen molar-refractivity contribution in [3.63, 3.8) is 0 Å². The van der Waals surface area contributed by atoms with E-state index in [-0.39, 0.29) is 4.90 Å². The minimum atomic E-state index is -3.65. The molecular formula is C19H21N5O2S. The van der Waals surface area contributed by atoms with Crippen LogP contribution < -0.4 is 4.72 Å². The van der Waals surface area contributed by atoms with E-state index in [4.69, 9.17) is 0 Å². The molecule has 0 saturated heterocycles. The minimum Gasteiger partial charge on any atom is -0.280 e. The molecule has 0 atom stereocenters. The second-order valence-corrected chi connectivity index (χ2v) is 8.44. The molecule has 1 N–H and O–H groups in total. The van der Waals surface area contributed by atoms with E-state index in [2.05, 4.69) is 27.2 Å². The number of aryl methyl sites for hydroxylation is 1. The summed E-state index contributed by atoms with van der Waals surface area (Å²) in [4.78, 5) is 0.246.